The van der Waals surface area contributed by atoms with E-state index >= 15 is 0 Å². The molecule has 4 heteroatoms. The summed E-state index contributed by atoms with van der Waals surface area (Å²) in [6.07, 6.45) is 0.532. The Labute approximate surface area is 89.8 Å². The van der Waals surface area contributed by atoms with Crippen LogP contribution in [-0.2, 0) is 0 Å². The molecule has 0 heterocycles. The number of nitrogens with two attached hydrogens (primary N) is 1. The fraction of sp³-hybridized carbons (Fsp3) is 0.364. The van der Waals surface area contributed by atoms with E-state index in [1.165, 1.54) is 11.1 Å². The molecule has 0 aliphatic carbocycles. The molecule has 0 radical (unpaired) electrons. The molecule has 1 aromatic rings. The minimum Gasteiger partial charge on any atom is -0.409 e. The number of nitrogens with zero attached hydrogens (tertiary/aromatic N) is 1. The van der Waals surface area contributed by atoms with Crippen molar-refractivity contribution in [1.82, 2.24) is 0 Å². The molecular formula is C11H17N3O. The van der Waals surface area contributed by atoms with Crippen molar-refractivity contribution in [3.63, 3.8) is 0 Å². The van der Waals surface area contributed by atoms with Crippen LogP contribution in [0, 0.1) is 13.8 Å². The molecule has 0 unspecified atom stereocenters. The Balaban J connectivity index is 2.55. The van der Waals surface area contributed by atoms with Crippen LogP contribution in [0.4, 0.5) is 5.69 Å². The van der Waals surface area contributed by atoms with Crippen LogP contribution in [0.25, 0.3) is 0 Å². The second-order valence-corrected chi connectivity index (χ2v) is 3.52. The van der Waals surface area contributed by atoms with Gasteiger partial charge in [0, 0.05) is 18.7 Å². The molecule has 1 aromatic carbocycles. The lowest BCUT2D eigenvalue weighted by atomic mass is 10.1. The topological polar surface area (TPSA) is 70.6 Å². The highest BCUT2D eigenvalue weighted by molar-refractivity contribution is 5.80. The summed E-state index contributed by atoms with van der Waals surface area (Å²) < 4.78 is 0. The lowest BCUT2D eigenvalue weighted by Gasteiger charge is -2.10. The molecule has 0 fully saturated rings. The smallest absolute Gasteiger partial charge is 0.140 e. The van der Waals surface area contributed by atoms with E-state index in [0.717, 1.165) is 5.69 Å². The first-order valence-electron chi connectivity index (χ1n) is 4.91. The first-order chi connectivity index (χ1) is 7.15. The summed E-state index contributed by atoms with van der Waals surface area (Å²) in [4.78, 5) is 0. The third-order valence-electron chi connectivity index (χ3n) is 2.43. The van der Waals surface area contributed by atoms with Crippen LogP contribution in [0.3, 0.4) is 0 Å². The van der Waals surface area contributed by atoms with Crippen LogP contribution in [0.15, 0.2) is 23.4 Å². The molecule has 1 rings (SSSR count). The van der Waals surface area contributed by atoms with Crippen molar-refractivity contribution in [1.29, 1.82) is 0 Å². The van der Waals surface area contributed by atoms with Crippen molar-refractivity contribution in [3.8, 4) is 0 Å². The number of hydrogen-bond donors (Lipinski definition) is 3. The van der Waals surface area contributed by atoms with Crippen LogP contribution in [0.5, 0.6) is 0 Å². The average molecular weight is 207 g/mol. The molecule has 0 aromatic heterocycles. The highest BCUT2D eigenvalue weighted by atomic mass is 16.4. The molecule has 4 N–H and O–H groups in total. The maximum atomic E-state index is 8.37. The molecule has 0 saturated carbocycles. The van der Waals surface area contributed by atoms with Gasteiger partial charge < -0.3 is 16.3 Å². The molecule has 15 heavy (non-hydrogen) atoms. The van der Waals surface area contributed by atoms with Crippen molar-refractivity contribution >= 4 is 11.5 Å². The third kappa shape index (κ3) is 3.16. The Kier molecular flexibility index (Phi) is 3.97. The maximum absolute atomic E-state index is 8.37. The fourth-order valence-corrected chi connectivity index (χ4v) is 1.32. The predicted octanol–water partition coefficient (Wildman–Crippen LogP) is 1.85. The van der Waals surface area contributed by atoms with Crippen molar-refractivity contribution in [2.75, 3.05) is 11.9 Å². The van der Waals surface area contributed by atoms with Gasteiger partial charge in [0.05, 0.1) is 0 Å². The van der Waals surface area contributed by atoms with Crippen molar-refractivity contribution in [2.24, 2.45) is 10.9 Å². The first kappa shape index (κ1) is 11.4. The summed E-state index contributed by atoms with van der Waals surface area (Å²) in [5.74, 6) is 0.243. The molecule has 0 bridgehead atoms. The monoisotopic (exact) mass is 207 g/mol. The summed E-state index contributed by atoms with van der Waals surface area (Å²) in [5.41, 5.74) is 8.95. The lowest BCUT2D eigenvalue weighted by Crippen LogP contribution is -2.16. The minimum atomic E-state index is 0.243. The second kappa shape index (κ2) is 5.24. The fourth-order valence-electron chi connectivity index (χ4n) is 1.32. The van der Waals surface area contributed by atoms with Gasteiger partial charge in [-0.1, -0.05) is 17.3 Å². The molecule has 0 amide bonds. The molecule has 0 saturated heterocycles. The predicted molar refractivity (Wildman–Crippen MR) is 62.4 cm³/mol. The van der Waals surface area contributed by atoms with Crippen LogP contribution in [-0.4, -0.2) is 17.6 Å². The largest absolute Gasteiger partial charge is 0.409 e. The molecule has 0 aliphatic rings. The summed E-state index contributed by atoms with van der Waals surface area (Å²) in [5, 5.41) is 14.5. The van der Waals surface area contributed by atoms with Crippen LogP contribution in [0.1, 0.15) is 17.5 Å². The summed E-state index contributed by atoms with van der Waals surface area (Å²) >= 11 is 0. The lowest BCUT2D eigenvalue weighted by molar-refractivity contribution is 0.317. The summed E-state index contributed by atoms with van der Waals surface area (Å²) in [7, 11) is 0. The van der Waals surface area contributed by atoms with Gasteiger partial charge in [-0.3, -0.25) is 0 Å². The molecule has 0 aliphatic heterocycles. The molecule has 4 nitrogen and oxygen atoms in total. The van der Waals surface area contributed by atoms with E-state index < -0.39 is 0 Å². The van der Waals surface area contributed by atoms with E-state index in [4.69, 9.17) is 10.9 Å². The number of aryl methyl sites for hydroxylation is 1. The minimum absolute atomic E-state index is 0.243. The average Bonchev–Trinajstić information content (AvgIpc) is 2.24. The third-order valence-corrected chi connectivity index (χ3v) is 2.43. The molecule has 0 atom stereocenters. The SMILES string of the molecule is Cc1cccc(NCCC(N)=NO)c1C. The zero-order chi connectivity index (χ0) is 11.3. The number of benzene rings is 1. The van der Waals surface area contributed by atoms with Gasteiger partial charge in [-0.05, 0) is 31.0 Å². The van der Waals surface area contributed by atoms with Crippen molar-refractivity contribution in [2.45, 2.75) is 20.3 Å². The standard InChI is InChI=1S/C11H17N3O/c1-8-4-3-5-10(9(8)2)13-7-6-11(12)14-15/h3-5,13,15H,6-7H2,1-2H3,(H2,12,14). The van der Waals surface area contributed by atoms with Crippen LogP contribution < -0.4 is 11.1 Å². The highest BCUT2D eigenvalue weighted by Crippen LogP contribution is 2.17. The van der Waals surface area contributed by atoms with E-state index in [2.05, 4.69) is 30.4 Å². The van der Waals surface area contributed by atoms with Crippen molar-refractivity contribution in [3.05, 3.63) is 29.3 Å². The van der Waals surface area contributed by atoms with Crippen molar-refractivity contribution < 1.29 is 5.21 Å². The van der Waals surface area contributed by atoms with Gasteiger partial charge in [-0.25, -0.2) is 0 Å². The number of hydrogen-bond acceptors (Lipinski definition) is 3. The van der Waals surface area contributed by atoms with Crippen LogP contribution >= 0.6 is 0 Å². The van der Waals surface area contributed by atoms with Crippen LogP contribution in [0.2, 0.25) is 0 Å². The van der Waals surface area contributed by atoms with Gasteiger partial charge >= 0.3 is 0 Å². The summed E-state index contributed by atoms with van der Waals surface area (Å²) in [6.45, 7) is 4.81. The first-order valence-corrected chi connectivity index (χ1v) is 4.91. The molecule has 82 valence electrons. The Hall–Kier alpha value is -1.71. The number of rotatable bonds is 4. The quantitative estimate of drug-likeness (QED) is 0.305. The van der Waals surface area contributed by atoms with Gasteiger partial charge in [0.2, 0.25) is 0 Å². The Morgan fingerprint density at radius 3 is 2.87 bits per heavy atom. The van der Waals surface area contributed by atoms with Gasteiger partial charge in [0.25, 0.3) is 0 Å². The number of amidine groups is 1. The van der Waals surface area contributed by atoms with Gasteiger partial charge in [-0.2, -0.15) is 0 Å². The Morgan fingerprint density at radius 1 is 1.47 bits per heavy atom. The number of anilines is 1. The van der Waals surface area contributed by atoms with E-state index in [9.17, 15) is 0 Å². The zero-order valence-electron chi connectivity index (χ0n) is 9.12. The zero-order valence-corrected chi connectivity index (χ0v) is 9.12. The van der Waals surface area contributed by atoms with E-state index in [1.54, 1.807) is 0 Å². The van der Waals surface area contributed by atoms with E-state index in [1.807, 2.05) is 12.1 Å². The normalized spacial score (nSPS) is 11.5. The number of nitrogens with one attached hydrogen (secondary N) is 1. The summed E-state index contributed by atoms with van der Waals surface area (Å²) in [6, 6.07) is 6.10. The Bertz CT molecular complexity index is 361. The maximum Gasteiger partial charge on any atom is 0.140 e. The second-order valence-electron chi connectivity index (χ2n) is 3.52. The highest BCUT2D eigenvalue weighted by Gasteiger charge is 1.99. The van der Waals surface area contributed by atoms with Gasteiger partial charge in [-0.15, -0.1) is 0 Å². The van der Waals surface area contributed by atoms with E-state index in [0.29, 0.717) is 13.0 Å². The Morgan fingerprint density at radius 2 is 2.20 bits per heavy atom. The van der Waals surface area contributed by atoms with E-state index in [-0.39, 0.29) is 5.84 Å². The van der Waals surface area contributed by atoms with Gasteiger partial charge in [0.1, 0.15) is 5.84 Å². The molecular weight excluding hydrogens is 190 g/mol. The van der Waals surface area contributed by atoms with Gasteiger partial charge in [0.15, 0.2) is 0 Å². The molecule has 0 spiro atoms. The number of oxime groups is 1.